The van der Waals surface area contributed by atoms with E-state index < -0.39 is 0 Å². The lowest BCUT2D eigenvalue weighted by molar-refractivity contribution is 0.368. The fourth-order valence-corrected chi connectivity index (χ4v) is 3.06. The van der Waals surface area contributed by atoms with Gasteiger partial charge in [-0.15, -0.1) is 0 Å². The van der Waals surface area contributed by atoms with Gasteiger partial charge in [0.2, 0.25) is 0 Å². The van der Waals surface area contributed by atoms with Gasteiger partial charge < -0.3 is 15.2 Å². The highest BCUT2D eigenvalue weighted by Gasteiger charge is 2.13. The van der Waals surface area contributed by atoms with E-state index in [0.717, 1.165) is 41.2 Å². The minimum Gasteiger partial charge on any atom is -0.359 e. The highest BCUT2D eigenvalue weighted by molar-refractivity contribution is 5.79. The molecule has 28 heavy (non-hydrogen) atoms. The van der Waals surface area contributed by atoms with E-state index in [-0.39, 0.29) is 0 Å². The van der Waals surface area contributed by atoms with Gasteiger partial charge in [-0.3, -0.25) is 10.1 Å². The van der Waals surface area contributed by atoms with Crippen molar-refractivity contribution in [2.45, 2.75) is 45.7 Å². The zero-order valence-corrected chi connectivity index (χ0v) is 16.6. The molecule has 0 radical (unpaired) electrons. The molecule has 8 heteroatoms. The Balaban J connectivity index is 1.53. The van der Waals surface area contributed by atoms with E-state index in [1.165, 1.54) is 6.33 Å². The van der Waals surface area contributed by atoms with Gasteiger partial charge in [0.1, 0.15) is 6.33 Å². The van der Waals surface area contributed by atoms with Crippen LogP contribution in [-0.4, -0.2) is 33.3 Å². The van der Waals surface area contributed by atoms with Crippen molar-refractivity contribution in [3.63, 3.8) is 0 Å². The first-order chi connectivity index (χ1) is 13.7. The number of aromatic nitrogens is 4. The number of benzene rings is 1. The highest BCUT2D eigenvalue weighted by atomic mass is 16.5. The molecule has 3 rings (SSSR count). The van der Waals surface area contributed by atoms with Crippen LogP contribution in [0, 0.1) is 0 Å². The summed E-state index contributed by atoms with van der Waals surface area (Å²) >= 11 is 0. The van der Waals surface area contributed by atoms with E-state index in [2.05, 4.69) is 61.9 Å². The van der Waals surface area contributed by atoms with Gasteiger partial charge >= 0.3 is 0 Å². The van der Waals surface area contributed by atoms with Crippen LogP contribution in [0.3, 0.4) is 0 Å². The maximum absolute atomic E-state index is 5.45. The minimum absolute atomic E-state index is 0.451. The first-order valence-corrected chi connectivity index (χ1v) is 9.58. The largest absolute Gasteiger partial charge is 0.359 e. The lowest BCUT2D eigenvalue weighted by Crippen LogP contribution is -2.36. The van der Waals surface area contributed by atoms with Gasteiger partial charge in [-0.25, -0.2) is 4.98 Å². The molecule has 8 nitrogen and oxygen atoms in total. The lowest BCUT2D eigenvalue weighted by atomic mass is 9.99. The topological polar surface area (TPSA) is 104 Å². The summed E-state index contributed by atoms with van der Waals surface area (Å²) in [6.07, 6.45) is 3.63. The second kappa shape index (κ2) is 9.68. The number of hydrogen-bond donors (Lipinski definition) is 3. The molecule has 0 fully saturated rings. The summed E-state index contributed by atoms with van der Waals surface area (Å²) in [7, 11) is 1.75. The third-order valence-electron chi connectivity index (χ3n) is 4.71. The van der Waals surface area contributed by atoms with Crippen molar-refractivity contribution in [1.82, 2.24) is 31.0 Å². The number of hydrogen-bond acceptors (Lipinski definition) is 5. The van der Waals surface area contributed by atoms with Crippen molar-refractivity contribution in [3.05, 3.63) is 53.7 Å². The van der Waals surface area contributed by atoms with Gasteiger partial charge in [-0.1, -0.05) is 37.2 Å². The second-order valence-electron chi connectivity index (χ2n) is 6.55. The molecule has 0 aliphatic rings. The van der Waals surface area contributed by atoms with E-state index >= 15 is 0 Å². The van der Waals surface area contributed by atoms with Crippen LogP contribution in [0.2, 0.25) is 0 Å². The SMILES string of the molecule is CCC(CC)c1cc(CNC(=NC)NCc2cccc(-c3ncn[nH]3)c2)on1. The predicted molar refractivity (Wildman–Crippen MR) is 109 cm³/mol. The van der Waals surface area contributed by atoms with Crippen LogP contribution in [0.25, 0.3) is 11.4 Å². The number of aliphatic imine (C=N–C) groups is 1. The van der Waals surface area contributed by atoms with Gasteiger partial charge in [0, 0.05) is 31.1 Å². The highest BCUT2D eigenvalue weighted by Crippen LogP contribution is 2.22. The molecule has 148 valence electrons. The molecular weight excluding hydrogens is 354 g/mol. The van der Waals surface area contributed by atoms with Crippen molar-refractivity contribution >= 4 is 5.96 Å². The summed E-state index contributed by atoms with van der Waals surface area (Å²) in [5.41, 5.74) is 3.14. The normalized spacial score (nSPS) is 11.8. The molecule has 0 unspecified atom stereocenters. The van der Waals surface area contributed by atoms with Gasteiger partial charge in [-0.2, -0.15) is 5.10 Å². The number of guanidine groups is 1. The number of nitrogens with zero attached hydrogens (tertiary/aromatic N) is 4. The monoisotopic (exact) mass is 381 g/mol. The molecule has 0 saturated carbocycles. The summed E-state index contributed by atoms with van der Waals surface area (Å²) in [6, 6.07) is 10.1. The van der Waals surface area contributed by atoms with Gasteiger partial charge in [0.05, 0.1) is 12.2 Å². The summed E-state index contributed by atoms with van der Waals surface area (Å²) in [5, 5.41) is 17.6. The zero-order valence-electron chi connectivity index (χ0n) is 16.6. The van der Waals surface area contributed by atoms with Crippen molar-refractivity contribution in [2.75, 3.05) is 7.05 Å². The van der Waals surface area contributed by atoms with E-state index in [9.17, 15) is 0 Å². The minimum atomic E-state index is 0.451. The van der Waals surface area contributed by atoms with Crippen molar-refractivity contribution in [1.29, 1.82) is 0 Å². The molecule has 2 aromatic heterocycles. The van der Waals surface area contributed by atoms with Crippen LogP contribution in [0.4, 0.5) is 0 Å². The van der Waals surface area contributed by atoms with Crippen molar-refractivity contribution < 1.29 is 4.52 Å². The third-order valence-corrected chi connectivity index (χ3v) is 4.71. The van der Waals surface area contributed by atoms with Crippen molar-refractivity contribution in [2.24, 2.45) is 4.99 Å². The Morgan fingerprint density at radius 1 is 1.18 bits per heavy atom. The van der Waals surface area contributed by atoms with E-state index in [1.54, 1.807) is 7.05 Å². The molecule has 0 bridgehead atoms. The molecule has 0 atom stereocenters. The average molecular weight is 381 g/mol. The Morgan fingerprint density at radius 3 is 2.71 bits per heavy atom. The van der Waals surface area contributed by atoms with Crippen LogP contribution in [0.5, 0.6) is 0 Å². The molecule has 1 aromatic carbocycles. The number of aromatic amines is 1. The van der Waals surface area contributed by atoms with E-state index in [1.807, 2.05) is 18.2 Å². The van der Waals surface area contributed by atoms with Gasteiger partial charge in [0.15, 0.2) is 17.5 Å². The molecule has 0 spiro atoms. The zero-order chi connectivity index (χ0) is 19.8. The number of nitrogens with one attached hydrogen (secondary N) is 3. The predicted octanol–water partition coefficient (Wildman–Crippen LogP) is 3.23. The van der Waals surface area contributed by atoms with Crippen molar-refractivity contribution in [3.8, 4) is 11.4 Å². The maximum atomic E-state index is 5.45. The lowest BCUT2D eigenvalue weighted by Gasteiger charge is -2.11. The molecule has 0 amide bonds. The maximum Gasteiger partial charge on any atom is 0.191 e. The van der Waals surface area contributed by atoms with Crippen LogP contribution >= 0.6 is 0 Å². The Labute approximate surface area is 164 Å². The fourth-order valence-electron chi connectivity index (χ4n) is 3.06. The molecule has 3 aromatic rings. The van der Waals surface area contributed by atoms with Crippen LogP contribution in [0.15, 0.2) is 46.2 Å². The number of H-pyrrole nitrogens is 1. The summed E-state index contributed by atoms with van der Waals surface area (Å²) in [4.78, 5) is 8.46. The standard InChI is InChI=1S/C20H27N7O/c1-4-15(5-2)18-10-17(28-27-18)12-23-20(21-3)22-11-14-7-6-8-16(9-14)19-24-13-25-26-19/h6-10,13,15H,4-5,11-12H2,1-3H3,(H2,21,22,23)(H,24,25,26). The molecule has 3 N–H and O–H groups in total. The Morgan fingerprint density at radius 2 is 2.00 bits per heavy atom. The summed E-state index contributed by atoms with van der Waals surface area (Å²) in [5.74, 6) is 2.71. The molecule has 2 heterocycles. The quantitative estimate of drug-likeness (QED) is 0.409. The molecule has 0 saturated heterocycles. The Kier molecular flexibility index (Phi) is 6.78. The number of rotatable bonds is 8. The first kappa shape index (κ1) is 19.6. The summed E-state index contributed by atoms with van der Waals surface area (Å²) < 4.78 is 5.45. The molecular formula is C20H27N7O. The van der Waals surface area contributed by atoms with Gasteiger partial charge in [0.25, 0.3) is 0 Å². The fraction of sp³-hybridized carbons (Fsp3) is 0.400. The Hall–Kier alpha value is -3.16. The first-order valence-electron chi connectivity index (χ1n) is 9.58. The van der Waals surface area contributed by atoms with Crippen LogP contribution in [0.1, 0.15) is 49.6 Å². The van der Waals surface area contributed by atoms with Crippen LogP contribution < -0.4 is 10.6 Å². The van der Waals surface area contributed by atoms with E-state index in [4.69, 9.17) is 4.52 Å². The average Bonchev–Trinajstić information content (AvgIpc) is 3.42. The van der Waals surface area contributed by atoms with E-state index in [0.29, 0.717) is 25.0 Å². The molecule has 0 aliphatic carbocycles. The summed E-state index contributed by atoms with van der Waals surface area (Å²) in [6.45, 7) is 5.51. The Bertz CT molecular complexity index is 882. The second-order valence-corrected chi connectivity index (χ2v) is 6.55. The third kappa shape index (κ3) is 4.97. The van der Waals surface area contributed by atoms with Gasteiger partial charge in [-0.05, 0) is 24.5 Å². The smallest absolute Gasteiger partial charge is 0.191 e. The van der Waals surface area contributed by atoms with Crippen LogP contribution in [-0.2, 0) is 13.1 Å². The molecule has 0 aliphatic heterocycles.